The minimum atomic E-state index is -1.04. The molecule has 2 amide bonds. The number of nitrogens with one attached hydrogen (secondary N) is 3. The lowest BCUT2D eigenvalue weighted by Gasteiger charge is -2.24. The standard InChI is InChI=1S/C18H26N4O5/c1-3-14(27-2)13(10-17(25)26)22-16(24)9-8-15(23)21-12-6-4-11(5-7-12)18(19)20/h4-7,13-14H,3,8-10H2,1-2H3,(H3,19,20)(H,21,23)(H,22,24)(H,25,26). The number of methoxy groups -OCH3 is 1. The Balaban J connectivity index is 2.52. The second kappa shape index (κ2) is 10.9. The van der Waals surface area contributed by atoms with E-state index in [9.17, 15) is 14.4 Å². The number of benzene rings is 1. The fraction of sp³-hybridized carbons (Fsp3) is 0.444. The molecular weight excluding hydrogens is 352 g/mol. The van der Waals surface area contributed by atoms with E-state index in [-0.39, 0.29) is 31.0 Å². The molecule has 2 atom stereocenters. The van der Waals surface area contributed by atoms with Gasteiger partial charge in [0.2, 0.25) is 11.8 Å². The maximum Gasteiger partial charge on any atom is 0.305 e. The van der Waals surface area contributed by atoms with Crippen LogP contribution in [0.2, 0.25) is 0 Å². The number of rotatable bonds is 11. The lowest BCUT2D eigenvalue weighted by molar-refractivity contribution is -0.139. The van der Waals surface area contributed by atoms with Gasteiger partial charge in [-0.15, -0.1) is 0 Å². The Morgan fingerprint density at radius 1 is 1.19 bits per heavy atom. The molecule has 0 saturated carbocycles. The normalized spacial score (nSPS) is 12.7. The highest BCUT2D eigenvalue weighted by Crippen LogP contribution is 2.11. The molecular formula is C18H26N4O5. The van der Waals surface area contributed by atoms with Gasteiger partial charge in [-0.05, 0) is 30.7 Å². The number of aliphatic carboxylic acids is 1. The molecule has 148 valence electrons. The van der Waals surface area contributed by atoms with E-state index < -0.39 is 24.0 Å². The molecule has 0 aliphatic heterocycles. The monoisotopic (exact) mass is 378 g/mol. The van der Waals surface area contributed by atoms with Crippen LogP contribution in [0.4, 0.5) is 5.69 Å². The first-order valence-corrected chi connectivity index (χ1v) is 8.55. The summed E-state index contributed by atoms with van der Waals surface area (Å²) < 4.78 is 5.21. The van der Waals surface area contributed by atoms with Gasteiger partial charge in [-0.2, -0.15) is 0 Å². The number of carbonyl (C=O) groups is 3. The number of anilines is 1. The van der Waals surface area contributed by atoms with E-state index in [1.807, 2.05) is 6.92 Å². The number of carboxylic acids is 1. The molecule has 0 spiro atoms. The van der Waals surface area contributed by atoms with Gasteiger partial charge in [0.15, 0.2) is 0 Å². The fourth-order valence-corrected chi connectivity index (χ4v) is 2.54. The Morgan fingerprint density at radius 2 is 1.78 bits per heavy atom. The molecule has 0 saturated heterocycles. The minimum Gasteiger partial charge on any atom is -0.481 e. The first-order valence-electron chi connectivity index (χ1n) is 8.55. The average Bonchev–Trinajstić information content (AvgIpc) is 2.61. The first-order chi connectivity index (χ1) is 12.8. The van der Waals surface area contributed by atoms with Crippen LogP contribution in [0.15, 0.2) is 24.3 Å². The van der Waals surface area contributed by atoms with Crippen molar-refractivity contribution in [2.75, 3.05) is 12.4 Å². The highest BCUT2D eigenvalue weighted by atomic mass is 16.5. The van der Waals surface area contributed by atoms with Gasteiger partial charge in [0.05, 0.1) is 18.6 Å². The van der Waals surface area contributed by atoms with Crippen molar-refractivity contribution in [1.29, 1.82) is 5.41 Å². The molecule has 6 N–H and O–H groups in total. The van der Waals surface area contributed by atoms with Crippen LogP contribution in [-0.4, -0.2) is 48.0 Å². The lowest BCUT2D eigenvalue weighted by Crippen LogP contribution is -2.45. The predicted octanol–water partition coefficient (Wildman–Crippen LogP) is 1.07. The summed E-state index contributed by atoms with van der Waals surface area (Å²) >= 11 is 0. The molecule has 0 bridgehead atoms. The molecule has 1 aromatic rings. The molecule has 0 fully saturated rings. The van der Waals surface area contributed by atoms with Gasteiger partial charge in [-0.3, -0.25) is 19.8 Å². The number of carboxylic acid groups (broad SMARTS) is 1. The van der Waals surface area contributed by atoms with Crippen molar-refractivity contribution in [2.24, 2.45) is 5.73 Å². The van der Waals surface area contributed by atoms with E-state index >= 15 is 0 Å². The van der Waals surface area contributed by atoms with Crippen LogP contribution < -0.4 is 16.4 Å². The largest absolute Gasteiger partial charge is 0.481 e. The Kier molecular flexibility index (Phi) is 8.94. The summed E-state index contributed by atoms with van der Waals surface area (Å²) in [6.45, 7) is 1.83. The van der Waals surface area contributed by atoms with Crippen molar-refractivity contribution >= 4 is 29.3 Å². The van der Waals surface area contributed by atoms with Crippen LogP contribution in [0.3, 0.4) is 0 Å². The van der Waals surface area contributed by atoms with E-state index in [4.69, 9.17) is 21.0 Å². The zero-order valence-corrected chi connectivity index (χ0v) is 15.5. The second-order valence-electron chi connectivity index (χ2n) is 5.99. The minimum absolute atomic E-state index is 0.0517. The molecule has 9 heteroatoms. The number of hydrogen-bond acceptors (Lipinski definition) is 5. The molecule has 0 heterocycles. The van der Waals surface area contributed by atoms with Crippen molar-refractivity contribution in [3.05, 3.63) is 29.8 Å². The Morgan fingerprint density at radius 3 is 2.26 bits per heavy atom. The maximum atomic E-state index is 12.1. The third-order valence-electron chi connectivity index (χ3n) is 3.95. The number of amides is 2. The molecule has 0 radical (unpaired) electrons. The number of carbonyl (C=O) groups excluding carboxylic acids is 2. The molecule has 0 aromatic heterocycles. The van der Waals surface area contributed by atoms with Gasteiger partial charge in [-0.25, -0.2) is 0 Å². The van der Waals surface area contributed by atoms with Crippen molar-refractivity contribution < 1.29 is 24.2 Å². The molecule has 2 unspecified atom stereocenters. The Bertz CT molecular complexity index is 671. The van der Waals surface area contributed by atoms with E-state index in [2.05, 4.69) is 10.6 Å². The summed E-state index contributed by atoms with van der Waals surface area (Å²) in [7, 11) is 1.46. The van der Waals surface area contributed by atoms with E-state index in [0.717, 1.165) is 0 Å². The Labute approximate surface area is 157 Å². The van der Waals surface area contributed by atoms with E-state index in [1.165, 1.54) is 7.11 Å². The SMILES string of the molecule is CCC(OC)C(CC(=O)O)NC(=O)CCC(=O)Nc1ccc(C(=N)N)cc1. The molecule has 9 nitrogen and oxygen atoms in total. The summed E-state index contributed by atoms with van der Waals surface area (Å²) in [6.07, 6.45) is -0.255. The van der Waals surface area contributed by atoms with Gasteiger partial charge >= 0.3 is 5.97 Å². The zero-order chi connectivity index (χ0) is 20.4. The summed E-state index contributed by atoms with van der Waals surface area (Å²) in [6, 6.07) is 5.78. The van der Waals surface area contributed by atoms with Crippen LogP contribution in [-0.2, 0) is 19.1 Å². The van der Waals surface area contributed by atoms with Crippen molar-refractivity contribution in [2.45, 2.75) is 44.8 Å². The quantitative estimate of drug-likeness (QED) is 0.287. The van der Waals surface area contributed by atoms with Crippen molar-refractivity contribution in [3.63, 3.8) is 0 Å². The van der Waals surface area contributed by atoms with Crippen molar-refractivity contribution in [3.8, 4) is 0 Å². The van der Waals surface area contributed by atoms with E-state index in [0.29, 0.717) is 17.7 Å². The smallest absolute Gasteiger partial charge is 0.305 e. The topological polar surface area (TPSA) is 155 Å². The zero-order valence-electron chi connectivity index (χ0n) is 15.5. The number of hydrogen-bond donors (Lipinski definition) is 5. The summed E-state index contributed by atoms with van der Waals surface area (Å²) in [5.74, 6) is -1.88. The van der Waals surface area contributed by atoms with Crippen LogP contribution >= 0.6 is 0 Å². The maximum absolute atomic E-state index is 12.1. The third-order valence-corrected chi connectivity index (χ3v) is 3.95. The average molecular weight is 378 g/mol. The van der Waals surface area contributed by atoms with Crippen LogP contribution in [0.1, 0.15) is 38.2 Å². The number of ether oxygens (including phenoxy) is 1. The fourth-order valence-electron chi connectivity index (χ4n) is 2.54. The summed E-state index contributed by atoms with van der Waals surface area (Å²) in [5, 5.41) is 21.6. The molecule has 27 heavy (non-hydrogen) atoms. The molecule has 1 aromatic carbocycles. The first kappa shape index (κ1) is 22.1. The van der Waals surface area contributed by atoms with Crippen LogP contribution in [0, 0.1) is 5.41 Å². The van der Waals surface area contributed by atoms with Gasteiger partial charge < -0.3 is 26.2 Å². The van der Waals surface area contributed by atoms with Gasteiger partial charge in [0.1, 0.15) is 5.84 Å². The summed E-state index contributed by atoms with van der Waals surface area (Å²) in [4.78, 5) is 35.0. The van der Waals surface area contributed by atoms with Gasteiger partial charge in [0, 0.05) is 31.2 Å². The summed E-state index contributed by atoms with van der Waals surface area (Å²) in [5.41, 5.74) is 6.43. The van der Waals surface area contributed by atoms with E-state index in [1.54, 1.807) is 24.3 Å². The van der Waals surface area contributed by atoms with Crippen molar-refractivity contribution in [1.82, 2.24) is 5.32 Å². The number of nitrogen functional groups attached to an aromatic ring is 1. The predicted molar refractivity (Wildman–Crippen MR) is 101 cm³/mol. The third kappa shape index (κ3) is 7.87. The molecule has 1 rings (SSSR count). The lowest BCUT2D eigenvalue weighted by atomic mass is 10.0. The number of amidine groups is 1. The van der Waals surface area contributed by atoms with Crippen LogP contribution in [0.25, 0.3) is 0 Å². The molecule has 0 aliphatic rings. The Hall–Kier alpha value is -2.94. The highest BCUT2D eigenvalue weighted by Gasteiger charge is 2.24. The second-order valence-corrected chi connectivity index (χ2v) is 5.99. The highest BCUT2D eigenvalue weighted by molar-refractivity contribution is 5.96. The van der Waals surface area contributed by atoms with Crippen LogP contribution in [0.5, 0.6) is 0 Å². The number of nitrogens with two attached hydrogens (primary N) is 1. The van der Waals surface area contributed by atoms with Gasteiger partial charge in [0.25, 0.3) is 0 Å². The molecule has 0 aliphatic carbocycles. The van der Waals surface area contributed by atoms with Gasteiger partial charge in [-0.1, -0.05) is 6.92 Å².